The zero-order valence-electron chi connectivity index (χ0n) is 23.0. The fourth-order valence-corrected chi connectivity index (χ4v) is 3.68. The van der Waals surface area contributed by atoms with Crippen molar-refractivity contribution < 1.29 is 60.1 Å². The minimum absolute atomic E-state index is 0.168. The molecule has 2 aliphatic rings. The van der Waals surface area contributed by atoms with E-state index in [2.05, 4.69) is 21.7 Å². The molecule has 0 spiro atoms. The molecule has 2 aliphatic carbocycles. The normalized spacial score (nSPS) is 17.0. The van der Waals surface area contributed by atoms with Gasteiger partial charge in [-0.2, -0.15) is 26.3 Å². The summed E-state index contributed by atoms with van der Waals surface area (Å²) in [5, 5.41) is 20.8. The van der Waals surface area contributed by atoms with E-state index in [4.69, 9.17) is 24.5 Å². The molecule has 16 heteroatoms. The number of anilines is 1. The molecule has 5 rings (SSSR count). The zero-order valence-corrected chi connectivity index (χ0v) is 23.0. The summed E-state index contributed by atoms with van der Waals surface area (Å²) in [6, 6.07) is 17.5. The maximum Gasteiger partial charge on any atom is 0.490 e. The molecule has 2 unspecified atom stereocenters. The topological polar surface area (TPSA) is 138 Å². The van der Waals surface area contributed by atoms with Crippen molar-refractivity contribution in [3.63, 3.8) is 0 Å². The van der Waals surface area contributed by atoms with Gasteiger partial charge in [0.15, 0.2) is 0 Å². The molecule has 1 amide bonds. The molecule has 9 nitrogen and oxygen atoms in total. The van der Waals surface area contributed by atoms with Gasteiger partial charge in [-0.15, -0.1) is 0 Å². The smallest absolute Gasteiger partial charge is 0.475 e. The number of pyridine rings is 1. The van der Waals surface area contributed by atoms with Crippen LogP contribution in [0.5, 0.6) is 11.6 Å². The highest BCUT2D eigenvalue weighted by atomic mass is 19.4. The van der Waals surface area contributed by atoms with E-state index in [1.165, 1.54) is 42.7 Å². The highest BCUT2D eigenvalue weighted by molar-refractivity contribution is 6.04. The summed E-state index contributed by atoms with van der Waals surface area (Å²) in [4.78, 5) is 34.7. The summed E-state index contributed by atoms with van der Waals surface area (Å²) in [5.41, 5.74) is 2.43. The molecule has 2 atom stereocenters. The van der Waals surface area contributed by atoms with Crippen molar-refractivity contribution in [1.82, 2.24) is 10.3 Å². The number of carboxylic acid groups (broad SMARTS) is 2. The lowest BCUT2D eigenvalue weighted by Crippen LogP contribution is -2.21. The third-order valence-corrected chi connectivity index (χ3v) is 6.25. The van der Waals surface area contributed by atoms with Crippen molar-refractivity contribution in [1.29, 1.82) is 0 Å². The van der Waals surface area contributed by atoms with Gasteiger partial charge in [0.05, 0.1) is 11.9 Å². The van der Waals surface area contributed by atoms with Gasteiger partial charge in [-0.05, 0) is 79.8 Å². The van der Waals surface area contributed by atoms with E-state index in [-0.39, 0.29) is 11.7 Å². The summed E-state index contributed by atoms with van der Waals surface area (Å²) in [7, 11) is 0. The summed E-state index contributed by atoms with van der Waals surface area (Å²) >= 11 is 0. The summed E-state index contributed by atoms with van der Waals surface area (Å²) in [5.74, 6) is -3.78. The molecule has 4 N–H and O–H groups in total. The Labute approximate surface area is 251 Å². The van der Waals surface area contributed by atoms with E-state index >= 15 is 0 Å². The molecule has 0 bridgehead atoms. The van der Waals surface area contributed by atoms with Crippen LogP contribution >= 0.6 is 0 Å². The van der Waals surface area contributed by atoms with Gasteiger partial charge in [0, 0.05) is 23.6 Å². The number of carbonyl (C=O) groups is 3. The molecule has 1 heterocycles. The number of aromatic nitrogens is 1. The quantitative estimate of drug-likeness (QED) is 0.207. The first-order valence-electron chi connectivity index (χ1n) is 13.2. The summed E-state index contributed by atoms with van der Waals surface area (Å²) in [6.45, 7) is 1.12. The Bertz CT molecular complexity index is 1440. The van der Waals surface area contributed by atoms with Crippen LogP contribution < -0.4 is 15.4 Å². The SMILES string of the molecule is O=C(Nc1ccc(Oc2ccc(F)cc2)nc1)c1cccc(C2CC2NCC2CC2)c1.O=C(O)C(F)(F)F.O=C(O)C(F)(F)F. The fraction of sp³-hybridized carbons (Fsp3) is 0.310. The van der Waals surface area contributed by atoms with Crippen LogP contribution in [-0.2, 0) is 9.59 Å². The average molecular weight is 646 g/mol. The molecule has 2 aromatic carbocycles. The number of carbonyl (C=O) groups excluding carboxylic acids is 1. The van der Waals surface area contributed by atoms with Gasteiger partial charge in [-0.3, -0.25) is 4.79 Å². The highest BCUT2D eigenvalue weighted by Gasteiger charge is 2.40. The van der Waals surface area contributed by atoms with Crippen LogP contribution in [0, 0.1) is 11.7 Å². The van der Waals surface area contributed by atoms with Gasteiger partial charge in [-0.1, -0.05) is 12.1 Å². The number of ether oxygens (including phenoxy) is 1. The lowest BCUT2D eigenvalue weighted by Gasteiger charge is -2.09. The highest BCUT2D eigenvalue weighted by Crippen LogP contribution is 2.42. The van der Waals surface area contributed by atoms with Crippen LogP contribution in [0.25, 0.3) is 0 Å². The van der Waals surface area contributed by atoms with E-state index in [0.29, 0.717) is 34.8 Å². The van der Waals surface area contributed by atoms with Crippen molar-refractivity contribution in [3.05, 3.63) is 83.8 Å². The molecule has 2 fully saturated rings. The lowest BCUT2D eigenvalue weighted by atomic mass is 10.1. The van der Waals surface area contributed by atoms with Crippen molar-refractivity contribution in [3.8, 4) is 11.6 Å². The number of benzene rings is 2. The summed E-state index contributed by atoms with van der Waals surface area (Å²) < 4.78 is 82.0. The van der Waals surface area contributed by atoms with Crippen LogP contribution in [0.3, 0.4) is 0 Å². The number of rotatable bonds is 8. The van der Waals surface area contributed by atoms with Gasteiger partial charge in [0.25, 0.3) is 5.91 Å². The van der Waals surface area contributed by atoms with E-state index in [1.54, 1.807) is 18.3 Å². The Morgan fingerprint density at radius 3 is 2.00 bits per heavy atom. The third kappa shape index (κ3) is 12.1. The molecule has 0 saturated heterocycles. The van der Waals surface area contributed by atoms with Crippen molar-refractivity contribution >= 4 is 23.5 Å². The fourth-order valence-electron chi connectivity index (χ4n) is 3.68. The van der Waals surface area contributed by atoms with Crippen LogP contribution in [0.2, 0.25) is 0 Å². The standard InChI is InChI=1S/C25H24FN3O2.2C2HF3O2/c26-19-6-9-21(10-7-19)31-24-11-8-20(15-28-24)29-25(30)18-3-1-2-17(12-18)22-13-23(22)27-14-16-4-5-16;2*3-2(4,5)1(6)7/h1-3,6-12,15-16,22-23,27H,4-5,13-14H2,(H,29,30);2*(H,6,7). The molecule has 1 aromatic heterocycles. The predicted octanol–water partition coefficient (Wildman–Crippen LogP) is 6.39. The zero-order chi connectivity index (χ0) is 33.4. The molecule has 0 radical (unpaired) electrons. The molecule has 242 valence electrons. The number of halogens is 7. The van der Waals surface area contributed by atoms with E-state index in [9.17, 15) is 35.5 Å². The number of aliphatic carboxylic acids is 2. The number of hydrogen-bond acceptors (Lipinski definition) is 6. The van der Waals surface area contributed by atoms with Crippen molar-refractivity contribution in [2.75, 3.05) is 11.9 Å². The monoisotopic (exact) mass is 645 g/mol. The Morgan fingerprint density at radius 1 is 0.889 bits per heavy atom. The molecular formula is C29H26F7N3O6. The number of hydrogen-bond donors (Lipinski definition) is 4. The van der Waals surface area contributed by atoms with Crippen LogP contribution in [0.1, 0.15) is 41.1 Å². The van der Waals surface area contributed by atoms with E-state index in [0.717, 1.165) is 18.9 Å². The number of alkyl halides is 6. The number of carboxylic acids is 2. The first-order chi connectivity index (χ1) is 21.0. The van der Waals surface area contributed by atoms with Gasteiger partial charge < -0.3 is 25.6 Å². The van der Waals surface area contributed by atoms with Crippen LogP contribution in [-0.4, -0.2) is 58.0 Å². The van der Waals surface area contributed by atoms with E-state index < -0.39 is 24.3 Å². The van der Waals surface area contributed by atoms with Crippen molar-refractivity contribution in [2.45, 2.75) is 43.6 Å². The molecule has 3 aromatic rings. The first-order valence-corrected chi connectivity index (χ1v) is 13.2. The predicted molar refractivity (Wildman–Crippen MR) is 144 cm³/mol. The van der Waals surface area contributed by atoms with Gasteiger partial charge in [-0.25, -0.2) is 19.0 Å². The minimum Gasteiger partial charge on any atom is -0.475 e. The second-order valence-electron chi connectivity index (χ2n) is 9.93. The number of nitrogens with zero attached hydrogens (tertiary/aromatic N) is 1. The molecule has 0 aliphatic heterocycles. The largest absolute Gasteiger partial charge is 0.490 e. The molecule has 45 heavy (non-hydrogen) atoms. The molecule has 2 saturated carbocycles. The Morgan fingerprint density at radius 2 is 1.49 bits per heavy atom. The maximum atomic E-state index is 13.0. The van der Waals surface area contributed by atoms with Crippen LogP contribution in [0.15, 0.2) is 66.9 Å². The second kappa shape index (κ2) is 14.8. The van der Waals surface area contributed by atoms with Gasteiger partial charge in [0.2, 0.25) is 5.88 Å². The maximum absolute atomic E-state index is 13.0. The summed E-state index contributed by atoms with van der Waals surface area (Å²) in [6.07, 6.45) is -4.78. The Kier molecular flexibility index (Phi) is 11.5. The number of nitrogens with one attached hydrogen (secondary N) is 2. The lowest BCUT2D eigenvalue weighted by molar-refractivity contribution is -0.193. The second-order valence-corrected chi connectivity index (χ2v) is 9.93. The van der Waals surface area contributed by atoms with Crippen molar-refractivity contribution in [2.24, 2.45) is 5.92 Å². The van der Waals surface area contributed by atoms with Crippen LogP contribution in [0.4, 0.5) is 36.4 Å². The molecular weight excluding hydrogens is 619 g/mol. The van der Waals surface area contributed by atoms with E-state index in [1.807, 2.05) is 18.2 Å². The average Bonchev–Trinajstić information content (AvgIpc) is 3.90. The van der Waals surface area contributed by atoms with Gasteiger partial charge in [0.1, 0.15) is 11.6 Å². The Hall–Kier alpha value is -4.73. The Balaban J connectivity index is 0.000000331. The third-order valence-electron chi connectivity index (χ3n) is 6.25. The van der Waals surface area contributed by atoms with Gasteiger partial charge >= 0.3 is 24.3 Å². The minimum atomic E-state index is -5.08. The number of amides is 1. The first kappa shape index (κ1) is 34.8.